The molecule has 0 radical (unpaired) electrons. The molecule has 0 aromatic carbocycles. The fourth-order valence-corrected chi connectivity index (χ4v) is 3.65. The second kappa shape index (κ2) is 9.83. The van der Waals surface area contributed by atoms with E-state index in [1.54, 1.807) is 0 Å². The summed E-state index contributed by atoms with van der Waals surface area (Å²) in [5.41, 5.74) is 0.651. The summed E-state index contributed by atoms with van der Waals surface area (Å²) in [4.78, 5) is 0. The molecule has 0 N–H and O–H groups in total. The first-order valence-corrected chi connectivity index (χ1v) is 9.07. The molecule has 0 aliphatic heterocycles. The fourth-order valence-electron chi connectivity index (χ4n) is 3.65. The molecule has 0 heteroatoms. The lowest BCUT2D eigenvalue weighted by atomic mass is 9.66. The SMILES string of the molecule is CC.CC.CC1CCC(C2CCC(C)(C)CC2)CC1. The zero-order valence-corrected chi connectivity index (χ0v) is 14.9. The highest BCUT2D eigenvalue weighted by atomic mass is 14.4. The van der Waals surface area contributed by atoms with E-state index in [0.717, 1.165) is 17.8 Å². The Morgan fingerprint density at radius 1 is 0.632 bits per heavy atom. The Hall–Kier alpha value is 0. The molecule has 0 bridgehead atoms. The van der Waals surface area contributed by atoms with Crippen LogP contribution < -0.4 is 0 Å². The molecule has 2 saturated carbocycles. The summed E-state index contributed by atoms with van der Waals surface area (Å²) in [6, 6.07) is 0. The van der Waals surface area contributed by atoms with Crippen LogP contribution in [0, 0.1) is 23.2 Å². The van der Waals surface area contributed by atoms with Gasteiger partial charge in [-0.2, -0.15) is 0 Å². The van der Waals surface area contributed by atoms with Gasteiger partial charge in [0, 0.05) is 0 Å². The minimum atomic E-state index is 0.651. The second-order valence-corrected chi connectivity index (χ2v) is 7.02. The standard InChI is InChI=1S/C15H28.2C2H6/c1-12-4-6-13(7-5-12)14-8-10-15(2,3)11-9-14;2*1-2/h12-14H,4-11H2,1-3H3;2*1-2H3. The first kappa shape index (κ1) is 19.0. The van der Waals surface area contributed by atoms with Crippen LogP contribution in [0.4, 0.5) is 0 Å². The van der Waals surface area contributed by atoms with Crippen LogP contribution in [0.1, 0.15) is 99.8 Å². The molecule has 0 heterocycles. The van der Waals surface area contributed by atoms with Gasteiger partial charge in [0.15, 0.2) is 0 Å². The predicted molar refractivity (Wildman–Crippen MR) is 89.6 cm³/mol. The van der Waals surface area contributed by atoms with E-state index in [0.29, 0.717) is 5.41 Å². The van der Waals surface area contributed by atoms with Gasteiger partial charge in [0.2, 0.25) is 0 Å². The molecule has 2 aliphatic carbocycles. The first-order valence-electron chi connectivity index (χ1n) is 9.07. The van der Waals surface area contributed by atoms with Gasteiger partial charge in [0.05, 0.1) is 0 Å². The van der Waals surface area contributed by atoms with Crippen LogP contribution >= 0.6 is 0 Å². The lowest BCUT2D eigenvalue weighted by Crippen LogP contribution is -2.28. The summed E-state index contributed by atoms with van der Waals surface area (Å²) >= 11 is 0. The lowest BCUT2D eigenvalue weighted by Gasteiger charge is -2.40. The third-order valence-electron chi connectivity index (χ3n) is 5.11. The van der Waals surface area contributed by atoms with Gasteiger partial charge in [-0.05, 0) is 61.7 Å². The third kappa shape index (κ3) is 6.82. The van der Waals surface area contributed by atoms with Crippen molar-refractivity contribution in [2.75, 3.05) is 0 Å². The van der Waals surface area contributed by atoms with Crippen molar-refractivity contribution < 1.29 is 0 Å². The highest BCUT2D eigenvalue weighted by molar-refractivity contribution is 4.84. The van der Waals surface area contributed by atoms with Crippen LogP contribution in [0.2, 0.25) is 0 Å². The maximum atomic E-state index is 2.45. The van der Waals surface area contributed by atoms with Gasteiger partial charge in [-0.25, -0.2) is 0 Å². The summed E-state index contributed by atoms with van der Waals surface area (Å²) < 4.78 is 0. The highest BCUT2D eigenvalue weighted by Crippen LogP contribution is 2.44. The molecule has 2 rings (SSSR count). The summed E-state index contributed by atoms with van der Waals surface area (Å²) in [6.07, 6.45) is 12.1. The van der Waals surface area contributed by atoms with Crippen LogP contribution in [0.25, 0.3) is 0 Å². The van der Waals surface area contributed by atoms with Crippen LogP contribution in [0.15, 0.2) is 0 Å². The van der Waals surface area contributed by atoms with Gasteiger partial charge in [0.25, 0.3) is 0 Å². The molecular weight excluding hydrogens is 228 g/mol. The molecule has 19 heavy (non-hydrogen) atoms. The Morgan fingerprint density at radius 2 is 1.00 bits per heavy atom. The first-order chi connectivity index (χ1) is 9.07. The van der Waals surface area contributed by atoms with Gasteiger partial charge < -0.3 is 0 Å². The van der Waals surface area contributed by atoms with Crippen LogP contribution in [-0.2, 0) is 0 Å². The monoisotopic (exact) mass is 268 g/mol. The average molecular weight is 269 g/mol. The molecule has 0 unspecified atom stereocenters. The van der Waals surface area contributed by atoms with Crippen molar-refractivity contribution >= 4 is 0 Å². The molecule has 2 fully saturated rings. The third-order valence-corrected chi connectivity index (χ3v) is 5.11. The number of rotatable bonds is 1. The maximum Gasteiger partial charge on any atom is -0.0354 e. The van der Waals surface area contributed by atoms with Crippen LogP contribution in [0.5, 0.6) is 0 Å². The van der Waals surface area contributed by atoms with Gasteiger partial charge in [0.1, 0.15) is 0 Å². The van der Waals surface area contributed by atoms with Crippen LogP contribution in [-0.4, -0.2) is 0 Å². The molecular formula is C19H40. The van der Waals surface area contributed by atoms with Crippen molar-refractivity contribution in [1.29, 1.82) is 0 Å². The summed E-state index contributed by atoms with van der Waals surface area (Å²) in [5, 5.41) is 0. The van der Waals surface area contributed by atoms with Gasteiger partial charge in [-0.3, -0.25) is 0 Å². The molecule has 0 aromatic rings. The predicted octanol–water partition coefficient (Wildman–Crippen LogP) is 7.08. The summed E-state index contributed by atoms with van der Waals surface area (Å²) in [5.74, 6) is 3.20. The minimum absolute atomic E-state index is 0.651. The normalized spacial score (nSPS) is 30.5. The highest BCUT2D eigenvalue weighted by Gasteiger charge is 2.32. The number of hydrogen-bond acceptors (Lipinski definition) is 0. The fraction of sp³-hybridized carbons (Fsp3) is 1.00. The van der Waals surface area contributed by atoms with E-state index in [2.05, 4.69) is 20.8 Å². The van der Waals surface area contributed by atoms with Crippen LogP contribution in [0.3, 0.4) is 0 Å². The van der Waals surface area contributed by atoms with E-state index in [1.165, 1.54) is 51.4 Å². The zero-order valence-electron chi connectivity index (χ0n) is 14.9. The van der Waals surface area contributed by atoms with Gasteiger partial charge >= 0.3 is 0 Å². The largest absolute Gasteiger partial charge is 0.0683 e. The Balaban J connectivity index is 0.000000741. The molecule has 2 aliphatic rings. The van der Waals surface area contributed by atoms with Crippen molar-refractivity contribution in [3.63, 3.8) is 0 Å². The Morgan fingerprint density at radius 3 is 1.42 bits per heavy atom. The van der Waals surface area contributed by atoms with E-state index in [9.17, 15) is 0 Å². The average Bonchev–Trinajstić information content (AvgIpc) is 2.44. The Kier molecular flexibility index (Phi) is 9.83. The summed E-state index contributed by atoms with van der Waals surface area (Å²) in [6.45, 7) is 15.3. The van der Waals surface area contributed by atoms with Gasteiger partial charge in [-0.15, -0.1) is 0 Å². The van der Waals surface area contributed by atoms with Crippen molar-refractivity contribution in [2.24, 2.45) is 23.2 Å². The molecule has 0 atom stereocenters. The maximum absolute atomic E-state index is 2.45. The second-order valence-electron chi connectivity index (χ2n) is 7.02. The Bertz CT molecular complexity index is 186. The van der Waals surface area contributed by atoms with Crippen molar-refractivity contribution in [3.05, 3.63) is 0 Å². The van der Waals surface area contributed by atoms with E-state index >= 15 is 0 Å². The smallest absolute Gasteiger partial charge is 0.0354 e. The molecule has 0 aromatic heterocycles. The minimum Gasteiger partial charge on any atom is -0.0683 e. The summed E-state index contributed by atoms with van der Waals surface area (Å²) in [7, 11) is 0. The van der Waals surface area contributed by atoms with E-state index in [4.69, 9.17) is 0 Å². The molecule has 0 nitrogen and oxygen atoms in total. The molecule has 0 saturated heterocycles. The quantitative estimate of drug-likeness (QED) is 0.476. The topological polar surface area (TPSA) is 0 Å². The van der Waals surface area contributed by atoms with Crippen molar-refractivity contribution in [1.82, 2.24) is 0 Å². The van der Waals surface area contributed by atoms with E-state index in [1.807, 2.05) is 27.7 Å². The lowest BCUT2D eigenvalue weighted by molar-refractivity contribution is 0.117. The zero-order chi connectivity index (χ0) is 14.9. The van der Waals surface area contributed by atoms with E-state index in [-0.39, 0.29) is 0 Å². The van der Waals surface area contributed by atoms with E-state index < -0.39 is 0 Å². The number of hydrogen-bond donors (Lipinski definition) is 0. The van der Waals surface area contributed by atoms with Crippen molar-refractivity contribution in [2.45, 2.75) is 99.8 Å². The van der Waals surface area contributed by atoms with Crippen molar-refractivity contribution in [3.8, 4) is 0 Å². The molecule has 116 valence electrons. The Labute approximate surface area is 123 Å². The molecule has 0 spiro atoms. The van der Waals surface area contributed by atoms with Gasteiger partial charge in [-0.1, -0.05) is 61.3 Å². The molecule has 0 amide bonds.